The van der Waals surface area contributed by atoms with Gasteiger partial charge in [-0.3, -0.25) is 4.79 Å². The third-order valence-electron chi connectivity index (χ3n) is 3.35. The number of hydrogen-bond acceptors (Lipinski definition) is 3. The monoisotopic (exact) mass is 234 g/mol. The molecule has 1 fully saturated rings. The molecule has 92 valence electrons. The normalized spacial score (nSPS) is 17.1. The van der Waals surface area contributed by atoms with Gasteiger partial charge in [0.25, 0.3) is 5.91 Å². The summed E-state index contributed by atoms with van der Waals surface area (Å²) in [4.78, 5) is 14.0. The molecule has 1 aromatic rings. The number of nitrogens with zero attached hydrogens (tertiary/aromatic N) is 1. The minimum Gasteiger partial charge on any atom is -0.398 e. The van der Waals surface area contributed by atoms with Gasteiger partial charge in [0.05, 0.1) is 5.56 Å². The second-order valence-electron chi connectivity index (χ2n) is 4.51. The predicted molar refractivity (Wildman–Crippen MR) is 66.6 cm³/mol. The average molecular weight is 234 g/mol. The van der Waals surface area contributed by atoms with Crippen molar-refractivity contribution in [2.45, 2.75) is 12.8 Å². The summed E-state index contributed by atoms with van der Waals surface area (Å²) in [5.41, 5.74) is 6.90. The molecule has 4 nitrogen and oxygen atoms in total. The number of amides is 1. The lowest BCUT2D eigenvalue weighted by atomic mass is 9.97. The van der Waals surface area contributed by atoms with Gasteiger partial charge in [0.15, 0.2) is 0 Å². The van der Waals surface area contributed by atoms with Gasteiger partial charge in [-0.25, -0.2) is 0 Å². The van der Waals surface area contributed by atoms with Gasteiger partial charge in [-0.05, 0) is 30.9 Å². The Morgan fingerprint density at radius 1 is 1.35 bits per heavy atom. The smallest absolute Gasteiger partial charge is 0.255 e. The molecule has 1 heterocycles. The maximum absolute atomic E-state index is 12.2. The van der Waals surface area contributed by atoms with E-state index < -0.39 is 0 Å². The quantitative estimate of drug-likeness (QED) is 0.753. The fourth-order valence-corrected chi connectivity index (χ4v) is 2.18. The Kier molecular flexibility index (Phi) is 3.64. The number of piperidine rings is 1. The average Bonchev–Trinajstić information content (AvgIpc) is 2.39. The number of carbonyl (C=O) groups excluding carboxylic acids is 1. The summed E-state index contributed by atoms with van der Waals surface area (Å²) in [6, 6.07) is 7.15. The minimum atomic E-state index is -0.000472. The Labute approximate surface area is 101 Å². The molecule has 4 heteroatoms. The number of nitrogen functional groups attached to an aromatic ring is 1. The maximum Gasteiger partial charge on any atom is 0.255 e. The Morgan fingerprint density at radius 2 is 2.00 bits per heavy atom. The van der Waals surface area contributed by atoms with E-state index in [4.69, 9.17) is 10.8 Å². The molecule has 0 aliphatic carbocycles. The molecule has 0 unspecified atom stereocenters. The van der Waals surface area contributed by atoms with Crippen molar-refractivity contribution < 1.29 is 9.90 Å². The van der Waals surface area contributed by atoms with Crippen molar-refractivity contribution in [2.24, 2.45) is 5.92 Å². The zero-order valence-corrected chi connectivity index (χ0v) is 9.80. The molecule has 17 heavy (non-hydrogen) atoms. The molecule has 0 atom stereocenters. The standard InChI is InChI=1S/C13H18N2O2/c14-12-4-2-1-3-11(12)13(17)15-7-5-10(9-16)6-8-15/h1-4,10,16H,5-9,14H2. The van der Waals surface area contributed by atoms with Crippen molar-refractivity contribution in [1.82, 2.24) is 4.90 Å². The predicted octanol–water partition coefficient (Wildman–Crippen LogP) is 1.11. The van der Waals surface area contributed by atoms with Crippen molar-refractivity contribution in [2.75, 3.05) is 25.4 Å². The van der Waals surface area contributed by atoms with Crippen LogP contribution in [0.5, 0.6) is 0 Å². The zero-order chi connectivity index (χ0) is 12.3. The first kappa shape index (κ1) is 11.9. The van der Waals surface area contributed by atoms with Crippen LogP contribution in [0.3, 0.4) is 0 Å². The van der Waals surface area contributed by atoms with E-state index in [1.165, 1.54) is 0 Å². The Hall–Kier alpha value is -1.55. The number of nitrogens with two attached hydrogens (primary N) is 1. The number of anilines is 1. The van der Waals surface area contributed by atoms with Gasteiger partial charge in [-0.15, -0.1) is 0 Å². The highest BCUT2D eigenvalue weighted by molar-refractivity contribution is 5.99. The van der Waals surface area contributed by atoms with E-state index in [1.807, 2.05) is 17.0 Å². The van der Waals surface area contributed by atoms with E-state index in [-0.39, 0.29) is 12.5 Å². The van der Waals surface area contributed by atoms with E-state index >= 15 is 0 Å². The SMILES string of the molecule is Nc1ccccc1C(=O)N1CCC(CO)CC1. The number of aliphatic hydroxyl groups is 1. The lowest BCUT2D eigenvalue weighted by molar-refractivity contribution is 0.0652. The number of likely N-dealkylation sites (tertiary alicyclic amines) is 1. The second kappa shape index (κ2) is 5.19. The summed E-state index contributed by atoms with van der Waals surface area (Å²) in [6.07, 6.45) is 1.74. The van der Waals surface area contributed by atoms with E-state index in [2.05, 4.69) is 0 Å². The summed E-state index contributed by atoms with van der Waals surface area (Å²) in [5.74, 6) is 0.340. The van der Waals surface area contributed by atoms with Crippen molar-refractivity contribution >= 4 is 11.6 Å². The summed E-state index contributed by atoms with van der Waals surface area (Å²) < 4.78 is 0. The highest BCUT2D eigenvalue weighted by Crippen LogP contribution is 2.20. The molecular weight excluding hydrogens is 216 g/mol. The van der Waals surface area contributed by atoms with Crippen LogP contribution in [-0.2, 0) is 0 Å². The first-order valence-corrected chi connectivity index (χ1v) is 5.97. The largest absolute Gasteiger partial charge is 0.398 e. The molecule has 3 N–H and O–H groups in total. The zero-order valence-electron chi connectivity index (χ0n) is 9.80. The third-order valence-corrected chi connectivity index (χ3v) is 3.35. The molecule has 1 aliphatic rings. The Bertz CT molecular complexity index is 398. The van der Waals surface area contributed by atoms with E-state index in [0.29, 0.717) is 30.3 Å². The highest BCUT2D eigenvalue weighted by atomic mass is 16.3. The van der Waals surface area contributed by atoms with Gasteiger partial charge in [-0.2, -0.15) is 0 Å². The van der Waals surface area contributed by atoms with Gasteiger partial charge in [0.1, 0.15) is 0 Å². The van der Waals surface area contributed by atoms with Crippen LogP contribution in [0, 0.1) is 5.92 Å². The van der Waals surface area contributed by atoms with Gasteiger partial charge in [0, 0.05) is 25.4 Å². The van der Waals surface area contributed by atoms with Crippen LogP contribution in [0.25, 0.3) is 0 Å². The lowest BCUT2D eigenvalue weighted by Crippen LogP contribution is -2.39. The van der Waals surface area contributed by atoms with E-state index in [0.717, 1.165) is 12.8 Å². The molecular formula is C13H18N2O2. The van der Waals surface area contributed by atoms with Gasteiger partial charge in [-0.1, -0.05) is 12.1 Å². The number of rotatable bonds is 2. The summed E-state index contributed by atoms with van der Waals surface area (Å²) in [7, 11) is 0. The molecule has 1 aliphatic heterocycles. The van der Waals surface area contributed by atoms with Crippen molar-refractivity contribution in [3.8, 4) is 0 Å². The van der Waals surface area contributed by atoms with Crippen LogP contribution in [0.1, 0.15) is 23.2 Å². The second-order valence-corrected chi connectivity index (χ2v) is 4.51. The van der Waals surface area contributed by atoms with Crippen LogP contribution in [0.2, 0.25) is 0 Å². The fraction of sp³-hybridized carbons (Fsp3) is 0.462. The van der Waals surface area contributed by atoms with Crippen LogP contribution in [0.15, 0.2) is 24.3 Å². The summed E-state index contributed by atoms with van der Waals surface area (Å²) in [6.45, 7) is 1.63. The van der Waals surface area contributed by atoms with E-state index in [9.17, 15) is 4.79 Å². The van der Waals surface area contributed by atoms with Gasteiger partial charge >= 0.3 is 0 Å². The van der Waals surface area contributed by atoms with Crippen LogP contribution in [0.4, 0.5) is 5.69 Å². The van der Waals surface area contributed by atoms with Crippen LogP contribution in [-0.4, -0.2) is 35.6 Å². The van der Waals surface area contributed by atoms with Crippen molar-refractivity contribution in [3.05, 3.63) is 29.8 Å². The number of benzene rings is 1. The topological polar surface area (TPSA) is 66.6 Å². The molecule has 0 aromatic heterocycles. The first-order chi connectivity index (χ1) is 8.22. The highest BCUT2D eigenvalue weighted by Gasteiger charge is 2.23. The van der Waals surface area contributed by atoms with Crippen LogP contribution >= 0.6 is 0 Å². The molecule has 1 amide bonds. The molecule has 2 rings (SSSR count). The number of aliphatic hydroxyl groups excluding tert-OH is 1. The minimum absolute atomic E-state index is 0.000472. The third kappa shape index (κ3) is 2.58. The van der Waals surface area contributed by atoms with Crippen LogP contribution < -0.4 is 5.73 Å². The molecule has 1 aromatic carbocycles. The first-order valence-electron chi connectivity index (χ1n) is 5.97. The number of para-hydroxylation sites is 1. The maximum atomic E-state index is 12.2. The van der Waals surface area contributed by atoms with Crippen molar-refractivity contribution in [3.63, 3.8) is 0 Å². The molecule has 0 spiro atoms. The summed E-state index contributed by atoms with van der Waals surface area (Å²) >= 11 is 0. The van der Waals surface area contributed by atoms with E-state index in [1.54, 1.807) is 12.1 Å². The van der Waals surface area contributed by atoms with Crippen molar-refractivity contribution in [1.29, 1.82) is 0 Å². The molecule has 0 saturated carbocycles. The van der Waals surface area contributed by atoms with Gasteiger partial charge in [0.2, 0.25) is 0 Å². The number of hydrogen-bond donors (Lipinski definition) is 2. The van der Waals surface area contributed by atoms with Gasteiger partial charge < -0.3 is 15.7 Å². The molecule has 1 saturated heterocycles. The lowest BCUT2D eigenvalue weighted by Gasteiger charge is -2.31. The molecule has 0 bridgehead atoms. The Balaban J connectivity index is 2.04. The molecule has 0 radical (unpaired) electrons. The summed E-state index contributed by atoms with van der Waals surface area (Å²) in [5, 5.41) is 9.05. The number of carbonyl (C=O) groups is 1. The fourth-order valence-electron chi connectivity index (χ4n) is 2.18. The Morgan fingerprint density at radius 3 is 2.59 bits per heavy atom.